The van der Waals surface area contributed by atoms with Crippen LogP contribution in [-0.2, 0) is 4.79 Å². The molecule has 0 radical (unpaired) electrons. The fraction of sp³-hybridized carbons (Fsp3) is 0.200. The van der Waals surface area contributed by atoms with Gasteiger partial charge in [0.25, 0.3) is 11.7 Å². The monoisotopic (exact) mass is 277 g/mol. The summed E-state index contributed by atoms with van der Waals surface area (Å²) < 4.78 is 0. The van der Waals surface area contributed by atoms with Crippen LogP contribution < -0.4 is 4.90 Å². The number of Topliss-reactive ketones (excluding diaryl/α,β-unsaturated/α-hetero) is 1. The summed E-state index contributed by atoms with van der Waals surface area (Å²) in [5.41, 5.74) is 0.536. The Kier molecular flexibility index (Phi) is 3.10. The number of ketones is 1. The number of alkyl halides is 1. The maximum Gasteiger partial charge on any atom is 0.299 e. The molecule has 1 aliphatic heterocycles. The molecule has 1 aromatic rings. The number of nitrogens with zero attached hydrogens (tertiary/aromatic N) is 1. The highest BCUT2D eigenvalue weighted by Crippen LogP contribution is 2.39. The van der Waals surface area contributed by atoms with E-state index in [2.05, 4.69) is 0 Å². The van der Waals surface area contributed by atoms with E-state index < -0.39 is 11.7 Å². The first-order chi connectivity index (χ1) is 7.57. The van der Waals surface area contributed by atoms with Gasteiger partial charge in [0.15, 0.2) is 0 Å². The van der Waals surface area contributed by atoms with Crippen LogP contribution in [0.3, 0.4) is 0 Å². The summed E-state index contributed by atoms with van der Waals surface area (Å²) in [6.07, 6.45) is 0. The van der Waals surface area contributed by atoms with Gasteiger partial charge in [-0.2, -0.15) is 0 Å². The molecule has 1 amide bonds. The lowest BCUT2D eigenvalue weighted by atomic mass is 10.1. The number of fused-ring (bicyclic) bond motifs is 1. The van der Waals surface area contributed by atoms with Crippen molar-refractivity contribution in [2.45, 2.75) is 0 Å². The number of hydrogen-bond acceptors (Lipinski definition) is 2. The molecule has 0 aromatic heterocycles. The van der Waals surface area contributed by atoms with Crippen LogP contribution in [0.25, 0.3) is 0 Å². The molecule has 0 bridgehead atoms. The van der Waals surface area contributed by atoms with Gasteiger partial charge in [-0.25, -0.2) is 0 Å². The van der Waals surface area contributed by atoms with Gasteiger partial charge in [-0.3, -0.25) is 9.59 Å². The molecule has 0 saturated carbocycles. The zero-order chi connectivity index (χ0) is 11.9. The smallest absolute Gasteiger partial charge is 0.299 e. The van der Waals surface area contributed by atoms with Gasteiger partial charge < -0.3 is 4.90 Å². The number of carbonyl (C=O) groups is 2. The van der Waals surface area contributed by atoms with E-state index in [0.717, 1.165) is 0 Å². The minimum absolute atomic E-state index is 0.171. The maximum atomic E-state index is 11.7. The first-order valence-electron chi connectivity index (χ1n) is 4.48. The summed E-state index contributed by atoms with van der Waals surface area (Å²) in [7, 11) is 0. The van der Waals surface area contributed by atoms with Gasteiger partial charge in [-0.05, 0) is 12.1 Å². The number of benzene rings is 1. The molecule has 0 spiro atoms. The minimum Gasteiger partial charge on any atom is -0.302 e. The van der Waals surface area contributed by atoms with Crippen molar-refractivity contribution in [1.29, 1.82) is 0 Å². The quantitative estimate of drug-likeness (QED) is 0.616. The molecule has 1 heterocycles. The molecule has 0 saturated heterocycles. The van der Waals surface area contributed by atoms with Crippen molar-refractivity contribution in [2.75, 3.05) is 17.3 Å². The van der Waals surface area contributed by atoms with E-state index in [1.807, 2.05) is 0 Å². The molecule has 16 heavy (non-hydrogen) atoms. The Hall–Kier alpha value is -0.770. The number of carbonyl (C=O) groups excluding carboxylic acids is 2. The summed E-state index contributed by atoms with van der Waals surface area (Å²) in [5.74, 6) is -1.04. The Morgan fingerprint density at radius 3 is 2.38 bits per heavy atom. The molecular weight excluding hydrogens is 272 g/mol. The molecule has 1 aliphatic rings. The molecule has 84 valence electrons. The maximum absolute atomic E-state index is 11.7. The summed E-state index contributed by atoms with van der Waals surface area (Å²) in [4.78, 5) is 24.6. The van der Waals surface area contributed by atoms with E-state index >= 15 is 0 Å². The number of halogens is 3. The molecule has 0 aliphatic carbocycles. The van der Waals surface area contributed by atoms with Gasteiger partial charge in [0.05, 0.1) is 21.3 Å². The number of rotatable bonds is 2. The SMILES string of the molecule is O=C1C(=O)N(CCCl)c2c(Cl)ccc(Cl)c21. The van der Waals surface area contributed by atoms with Crippen LogP contribution in [0.15, 0.2) is 12.1 Å². The van der Waals surface area contributed by atoms with Crippen LogP contribution in [0.5, 0.6) is 0 Å². The number of amides is 1. The molecule has 0 unspecified atom stereocenters. The second kappa shape index (κ2) is 4.24. The van der Waals surface area contributed by atoms with Crippen molar-refractivity contribution in [3.05, 3.63) is 27.7 Å². The lowest BCUT2D eigenvalue weighted by Crippen LogP contribution is -2.31. The Labute approximate surface area is 107 Å². The van der Waals surface area contributed by atoms with Gasteiger partial charge in [0.2, 0.25) is 0 Å². The third-order valence-electron chi connectivity index (χ3n) is 2.32. The Balaban J connectivity index is 2.64. The second-order valence-electron chi connectivity index (χ2n) is 3.23. The summed E-state index contributed by atoms with van der Waals surface area (Å²) in [6, 6.07) is 3.05. The van der Waals surface area contributed by atoms with Crippen LogP contribution in [0, 0.1) is 0 Å². The van der Waals surface area contributed by atoms with E-state index in [-0.39, 0.29) is 23.0 Å². The third-order valence-corrected chi connectivity index (χ3v) is 3.11. The summed E-state index contributed by atoms with van der Waals surface area (Å²) in [5, 5.41) is 0.554. The zero-order valence-corrected chi connectivity index (χ0v) is 10.2. The highest BCUT2D eigenvalue weighted by molar-refractivity contribution is 6.57. The Morgan fingerprint density at radius 1 is 1.12 bits per heavy atom. The zero-order valence-electron chi connectivity index (χ0n) is 7.97. The van der Waals surface area contributed by atoms with Crippen LogP contribution in [-0.4, -0.2) is 24.1 Å². The third kappa shape index (κ3) is 1.59. The van der Waals surface area contributed by atoms with Crippen LogP contribution in [0.4, 0.5) is 5.69 Å². The van der Waals surface area contributed by atoms with Gasteiger partial charge in [0.1, 0.15) is 0 Å². The Bertz CT molecular complexity index is 487. The largest absolute Gasteiger partial charge is 0.302 e. The molecule has 0 atom stereocenters. The van der Waals surface area contributed by atoms with Crippen molar-refractivity contribution in [1.82, 2.24) is 0 Å². The van der Waals surface area contributed by atoms with Gasteiger partial charge >= 0.3 is 0 Å². The van der Waals surface area contributed by atoms with E-state index in [9.17, 15) is 9.59 Å². The van der Waals surface area contributed by atoms with Crippen LogP contribution in [0.1, 0.15) is 10.4 Å². The summed E-state index contributed by atoms with van der Waals surface area (Å²) >= 11 is 17.4. The van der Waals surface area contributed by atoms with Crippen molar-refractivity contribution < 1.29 is 9.59 Å². The topological polar surface area (TPSA) is 37.4 Å². The number of hydrogen-bond donors (Lipinski definition) is 0. The predicted octanol–water partition coefficient (Wildman–Crippen LogP) is 2.76. The van der Waals surface area contributed by atoms with Crippen LogP contribution >= 0.6 is 34.8 Å². The van der Waals surface area contributed by atoms with Gasteiger partial charge in [-0.1, -0.05) is 23.2 Å². The lowest BCUT2D eigenvalue weighted by molar-refractivity contribution is -0.114. The van der Waals surface area contributed by atoms with Gasteiger partial charge in [-0.15, -0.1) is 11.6 Å². The summed E-state index contributed by atoms with van der Waals surface area (Å²) in [6.45, 7) is 0.235. The van der Waals surface area contributed by atoms with Crippen molar-refractivity contribution in [3.8, 4) is 0 Å². The molecular formula is C10H6Cl3NO2. The molecule has 2 rings (SSSR count). The van der Waals surface area contributed by atoms with Crippen molar-refractivity contribution in [3.63, 3.8) is 0 Å². The molecule has 3 nitrogen and oxygen atoms in total. The highest BCUT2D eigenvalue weighted by Gasteiger charge is 2.38. The predicted molar refractivity (Wildman–Crippen MR) is 63.9 cm³/mol. The molecule has 0 N–H and O–H groups in total. The highest BCUT2D eigenvalue weighted by atomic mass is 35.5. The van der Waals surface area contributed by atoms with Crippen LogP contribution in [0.2, 0.25) is 10.0 Å². The standard InChI is InChI=1S/C10H6Cl3NO2/c11-3-4-14-8-6(13)2-1-5(12)7(8)9(15)10(14)16/h1-2H,3-4H2. The van der Waals surface area contributed by atoms with E-state index in [1.165, 1.54) is 11.0 Å². The van der Waals surface area contributed by atoms with Gasteiger partial charge in [0, 0.05) is 12.4 Å². The van der Waals surface area contributed by atoms with Crippen molar-refractivity contribution >= 4 is 52.2 Å². The fourth-order valence-electron chi connectivity index (χ4n) is 1.65. The second-order valence-corrected chi connectivity index (χ2v) is 4.42. The molecule has 0 fully saturated rings. The lowest BCUT2D eigenvalue weighted by Gasteiger charge is -2.15. The average Bonchev–Trinajstić information content (AvgIpc) is 2.50. The Morgan fingerprint density at radius 2 is 1.75 bits per heavy atom. The van der Waals surface area contributed by atoms with E-state index in [4.69, 9.17) is 34.8 Å². The first-order valence-corrected chi connectivity index (χ1v) is 5.77. The molecule has 1 aromatic carbocycles. The normalized spacial score (nSPS) is 14.6. The average molecular weight is 279 g/mol. The first kappa shape index (κ1) is 11.7. The van der Waals surface area contributed by atoms with Crippen molar-refractivity contribution in [2.24, 2.45) is 0 Å². The molecule has 6 heteroatoms. The van der Waals surface area contributed by atoms with E-state index in [0.29, 0.717) is 10.7 Å². The number of anilines is 1. The van der Waals surface area contributed by atoms with E-state index in [1.54, 1.807) is 6.07 Å². The fourth-order valence-corrected chi connectivity index (χ4v) is 2.32. The minimum atomic E-state index is -0.634.